The van der Waals surface area contributed by atoms with Crippen molar-refractivity contribution in [2.45, 2.75) is 25.4 Å². The maximum absolute atomic E-state index is 13.3. The lowest BCUT2D eigenvalue weighted by atomic mass is 10.1. The molecule has 1 saturated heterocycles. The van der Waals surface area contributed by atoms with E-state index in [1.807, 2.05) is 30.3 Å². The summed E-state index contributed by atoms with van der Waals surface area (Å²) in [5.74, 6) is 1.61. The Morgan fingerprint density at radius 3 is 2.93 bits per heavy atom. The van der Waals surface area contributed by atoms with Crippen molar-refractivity contribution in [1.82, 2.24) is 24.5 Å². The van der Waals surface area contributed by atoms with Gasteiger partial charge in [-0.2, -0.15) is 0 Å². The minimum atomic E-state index is -0.0505. The Labute approximate surface area is 173 Å². The van der Waals surface area contributed by atoms with Crippen LogP contribution in [-0.4, -0.2) is 44.8 Å². The molecule has 0 saturated carbocycles. The van der Waals surface area contributed by atoms with Crippen LogP contribution in [0.5, 0.6) is 0 Å². The number of ether oxygens (including phenoxy) is 1. The summed E-state index contributed by atoms with van der Waals surface area (Å²) in [5, 5.41) is 1.58. The van der Waals surface area contributed by atoms with Crippen LogP contribution < -0.4 is 10.5 Å². The molecule has 0 bridgehead atoms. The summed E-state index contributed by atoms with van der Waals surface area (Å²) in [4.78, 5) is 33.6. The highest BCUT2D eigenvalue weighted by molar-refractivity contribution is 5.88. The van der Waals surface area contributed by atoms with Gasteiger partial charge in [-0.1, -0.05) is 12.1 Å². The molecule has 1 aliphatic heterocycles. The van der Waals surface area contributed by atoms with Crippen LogP contribution in [0.2, 0.25) is 0 Å². The van der Waals surface area contributed by atoms with Gasteiger partial charge in [-0.15, -0.1) is 0 Å². The second-order valence-corrected chi connectivity index (χ2v) is 7.38. The van der Waals surface area contributed by atoms with Crippen molar-refractivity contribution in [2.24, 2.45) is 0 Å². The summed E-state index contributed by atoms with van der Waals surface area (Å²) in [6.45, 7) is 1.75. The minimum Gasteiger partial charge on any atom is -0.383 e. The molecule has 5 rings (SSSR count). The molecule has 1 aromatic carbocycles. The first kappa shape index (κ1) is 18.6. The van der Waals surface area contributed by atoms with Crippen LogP contribution in [0.25, 0.3) is 21.8 Å². The van der Waals surface area contributed by atoms with Crippen LogP contribution in [0, 0.1) is 0 Å². The quantitative estimate of drug-likeness (QED) is 0.507. The highest BCUT2D eigenvalue weighted by Gasteiger charge is 2.32. The minimum absolute atomic E-state index is 0.0313. The van der Waals surface area contributed by atoms with E-state index in [-0.39, 0.29) is 11.6 Å². The maximum atomic E-state index is 13.3. The predicted molar refractivity (Wildman–Crippen MR) is 115 cm³/mol. The van der Waals surface area contributed by atoms with E-state index in [0.29, 0.717) is 18.5 Å². The topological polar surface area (TPSA) is 86.0 Å². The molecular weight excluding hydrogens is 380 g/mol. The number of anilines is 1. The van der Waals surface area contributed by atoms with Crippen molar-refractivity contribution < 1.29 is 4.74 Å². The fourth-order valence-electron chi connectivity index (χ4n) is 4.25. The average Bonchev–Trinajstić information content (AvgIpc) is 3.27. The molecule has 1 aliphatic rings. The number of aromatic nitrogens is 5. The number of pyridine rings is 1. The van der Waals surface area contributed by atoms with Gasteiger partial charge in [-0.05, 0) is 31.0 Å². The summed E-state index contributed by atoms with van der Waals surface area (Å²) in [6, 6.07) is 9.39. The normalized spacial score (nSPS) is 16.6. The molecule has 1 unspecified atom stereocenters. The second kappa shape index (κ2) is 7.79. The molecule has 0 spiro atoms. The van der Waals surface area contributed by atoms with E-state index in [2.05, 4.69) is 19.9 Å². The van der Waals surface area contributed by atoms with E-state index in [1.165, 1.54) is 0 Å². The lowest BCUT2D eigenvalue weighted by Crippen LogP contribution is -2.33. The van der Waals surface area contributed by atoms with Crippen LogP contribution >= 0.6 is 0 Å². The van der Waals surface area contributed by atoms with E-state index >= 15 is 0 Å². The third-order valence-electron chi connectivity index (χ3n) is 5.65. The van der Waals surface area contributed by atoms with E-state index in [4.69, 9.17) is 9.72 Å². The molecule has 0 amide bonds. The number of nitrogens with zero attached hydrogens (tertiary/aromatic N) is 6. The average molecular weight is 402 g/mol. The SMILES string of the molecule is COCCn1c(C2CCCN2c2ncnc3cnccc23)nc2ccccc2c1=O. The Morgan fingerprint density at radius 2 is 2.03 bits per heavy atom. The molecule has 0 aliphatic carbocycles. The van der Waals surface area contributed by atoms with E-state index in [0.717, 1.165) is 47.4 Å². The van der Waals surface area contributed by atoms with Crippen molar-refractivity contribution in [3.8, 4) is 0 Å². The number of methoxy groups -OCH3 is 1. The highest BCUT2D eigenvalue weighted by atomic mass is 16.5. The lowest BCUT2D eigenvalue weighted by molar-refractivity contribution is 0.184. The summed E-state index contributed by atoms with van der Waals surface area (Å²) < 4.78 is 7.03. The lowest BCUT2D eigenvalue weighted by Gasteiger charge is -2.28. The van der Waals surface area contributed by atoms with Gasteiger partial charge >= 0.3 is 0 Å². The molecule has 4 heterocycles. The summed E-state index contributed by atoms with van der Waals surface area (Å²) >= 11 is 0. The van der Waals surface area contributed by atoms with Gasteiger partial charge in [0.05, 0.1) is 41.8 Å². The van der Waals surface area contributed by atoms with Gasteiger partial charge in [0, 0.05) is 25.2 Å². The molecule has 30 heavy (non-hydrogen) atoms. The van der Waals surface area contributed by atoms with Gasteiger partial charge < -0.3 is 9.64 Å². The Hall–Kier alpha value is -3.39. The number of para-hydroxylation sites is 1. The van der Waals surface area contributed by atoms with Crippen LogP contribution in [-0.2, 0) is 11.3 Å². The molecule has 1 atom stereocenters. The standard InChI is InChI=1S/C22H22N6O2/c1-30-12-11-28-21(26-17-6-3-2-5-16(17)22(28)29)19-7-4-10-27(19)20-15-8-9-23-13-18(15)24-14-25-20/h2-3,5-6,8-9,13-14,19H,4,7,10-12H2,1H3. The van der Waals surface area contributed by atoms with Gasteiger partial charge in [-0.3, -0.25) is 14.3 Å². The molecule has 1 fully saturated rings. The largest absolute Gasteiger partial charge is 0.383 e. The highest BCUT2D eigenvalue weighted by Crippen LogP contribution is 2.37. The predicted octanol–water partition coefficient (Wildman–Crippen LogP) is 2.72. The van der Waals surface area contributed by atoms with Gasteiger partial charge in [0.15, 0.2) is 0 Å². The zero-order valence-corrected chi connectivity index (χ0v) is 16.7. The van der Waals surface area contributed by atoms with E-state index in [9.17, 15) is 4.79 Å². The first-order chi connectivity index (χ1) is 14.8. The molecule has 0 N–H and O–H groups in total. The molecule has 4 aromatic rings. The summed E-state index contributed by atoms with van der Waals surface area (Å²) in [5.41, 5.74) is 1.49. The van der Waals surface area contributed by atoms with Gasteiger partial charge in [0.2, 0.25) is 0 Å². The van der Waals surface area contributed by atoms with Crippen molar-refractivity contribution in [2.75, 3.05) is 25.2 Å². The summed E-state index contributed by atoms with van der Waals surface area (Å²) in [6.07, 6.45) is 6.96. The van der Waals surface area contributed by atoms with Gasteiger partial charge in [0.25, 0.3) is 5.56 Å². The number of hydrogen-bond donors (Lipinski definition) is 0. The first-order valence-electron chi connectivity index (χ1n) is 10.1. The Morgan fingerprint density at radius 1 is 1.13 bits per heavy atom. The fraction of sp³-hybridized carbons (Fsp3) is 0.318. The monoisotopic (exact) mass is 402 g/mol. The fourth-order valence-corrected chi connectivity index (χ4v) is 4.25. The maximum Gasteiger partial charge on any atom is 0.261 e. The molecule has 8 heteroatoms. The van der Waals surface area contributed by atoms with Crippen LogP contribution in [0.1, 0.15) is 24.7 Å². The first-order valence-corrected chi connectivity index (χ1v) is 10.1. The van der Waals surface area contributed by atoms with Crippen molar-refractivity contribution in [3.63, 3.8) is 0 Å². The Kier molecular flexibility index (Phi) is 4.84. The number of hydrogen-bond acceptors (Lipinski definition) is 7. The van der Waals surface area contributed by atoms with Gasteiger partial charge in [0.1, 0.15) is 18.0 Å². The number of fused-ring (bicyclic) bond motifs is 2. The van der Waals surface area contributed by atoms with Crippen LogP contribution in [0.4, 0.5) is 5.82 Å². The van der Waals surface area contributed by atoms with Crippen molar-refractivity contribution >= 4 is 27.6 Å². The third-order valence-corrected chi connectivity index (χ3v) is 5.65. The number of benzene rings is 1. The van der Waals surface area contributed by atoms with E-state index in [1.54, 1.807) is 30.4 Å². The van der Waals surface area contributed by atoms with Crippen molar-refractivity contribution in [1.29, 1.82) is 0 Å². The molecular formula is C22H22N6O2. The Balaban J connectivity index is 1.67. The number of rotatable bonds is 5. The molecule has 3 aromatic heterocycles. The second-order valence-electron chi connectivity index (χ2n) is 7.38. The smallest absolute Gasteiger partial charge is 0.261 e. The van der Waals surface area contributed by atoms with E-state index < -0.39 is 0 Å². The summed E-state index contributed by atoms with van der Waals surface area (Å²) in [7, 11) is 1.64. The van der Waals surface area contributed by atoms with Crippen molar-refractivity contribution in [3.05, 3.63) is 65.2 Å². The Bertz CT molecular complexity index is 1270. The van der Waals surface area contributed by atoms with Crippen LogP contribution in [0.15, 0.2) is 53.8 Å². The molecule has 152 valence electrons. The molecule has 8 nitrogen and oxygen atoms in total. The van der Waals surface area contributed by atoms with Crippen LogP contribution in [0.3, 0.4) is 0 Å². The third kappa shape index (κ3) is 3.09. The molecule has 0 radical (unpaired) electrons. The van der Waals surface area contributed by atoms with Gasteiger partial charge in [-0.25, -0.2) is 15.0 Å². The zero-order valence-electron chi connectivity index (χ0n) is 16.7. The zero-order chi connectivity index (χ0) is 20.5.